The van der Waals surface area contributed by atoms with Crippen LogP contribution in [-0.4, -0.2) is 24.1 Å². The Balaban J connectivity index is 4.10. The Bertz CT molecular complexity index is 299. The molecule has 0 aromatic carbocycles. The number of nitriles is 1. The number of hydrogen-bond acceptors (Lipinski definition) is 3. The predicted molar refractivity (Wildman–Crippen MR) is 92.3 cm³/mol. The van der Waals surface area contributed by atoms with Crippen LogP contribution in [0, 0.1) is 17.2 Å². The van der Waals surface area contributed by atoms with Crippen LogP contribution in [0.5, 0.6) is 0 Å². The van der Waals surface area contributed by atoms with Crippen molar-refractivity contribution in [2.45, 2.75) is 41.0 Å². The molecule has 0 radical (unpaired) electrons. The number of rotatable bonds is 7. The van der Waals surface area contributed by atoms with Crippen LogP contribution >= 0.6 is 56.9 Å². The molecule has 0 aliphatic carbocycles. The zero-order valence-corrected chi connectivity index (χ0v) is 15.8. The molecule has 2 nitrogen and oxygen atoms in total. The van der Waals surface area contributed by atoms with Crippen LogP contribution in [0.25, 0.3) is 0 Å². The SMILES string of the molecule is CC(C)(I)CSCCC(C#N)C(=O)C(C)(C)I. The van der Waals surface area contributed by atoms with Crippen molar-refractivity contribution in [3.05, 3.63) is 0 Å². The summed E-state index contributed by atoms with van der Waals surface area (Å²) >= 11 is 6.34. The van der Waals surface area contributed by atoms with Gasteiger partial charge in [-0.2, -0.15) is 17.0 Å². The molecule has 0 aliphatic heterocycles. The largest absolute Gasteiger partial charge is 0.297 e. The van der Waals surface area contributed by atoms with Crippen molar-refractivity contribution in [3.8, 4) is 6.07 Å². The van der Waals surface area contributed by atoms with Crippen molar-refractivity contribution in [2.75, 3.05) is 11.5 Å². The lowest BCUT2D eigenvalue weighted by atomic mass is 9.94. The number of thioether (sulfide) groups is 1. The molecule has 1 unspecified atom stereocenters. The lowest BCUT2D eigenvalue weighted by Gasteiger charge is -2.19. The van der Waals surface area contributed by atoms with Gasteiger partial charge in [0.05, 0.1) is 9.49 Å². The molecule has 1 atom stereocenters. The predicted octanol–water partition coefficient (Wildman–Crippen LogP) is 4.25. The van der Waals surface area contributed by atoms with E-state index in [1.54, 1.807) is 0 Å². The lowest BCUT2D eigenvalue weighted by molar-refractivity contribution is -0.122. The maximum Gasteiger partial charge on any atom is 0.165 e. The van der Waals surface area contributed by atoms with E-state index in [4.69, 9.17) is 5.26 Å². The van der Waals surface area contributed by atoms with Gasteiger partial charge in [0.15, 0.2) is 5.78 Å². The van der Waals surface area contributed by atoms with Gasteiger partial charge >= 0.3 is 0 Å². The van der Waals surface area contributed by atoms with Gasteiger partial charge in [-0.15, -0.1) is 0 Å². The number of alkyl halides is 2. The first-order valence-corrected chi connectivity index (χ1v) is 8.78. The number of ketones is 1. The fraction of sp³-hybridized carbons (Fsp3) is 0.833. The minimum absolute atomic E-state index is 0.0509. The first kappa shape index (κ1) is 18.0. The average Bonchev–Trinajstić information content (AvgIpc) is 2.14. The minimum Gasteiger partial charge on any atom is -0.297 e. The van der Waals surface area contributed by atoms with E-state index < -0.39 is 9.34 Å². The Kier molecular flexibility index (Phi) is 7.96. The molecule has 0 saturated heterocycles. The molecule has 0 spiro atoms. The highest BCUT2D eigenvalue weighted by atomic mass is 127. The second-order valence-electron chi connectivity index (χ2n) is 5.08. The van der Waals surface area contributed by atoms with Crippen LogP contribution < -0.4 is 0 Å². The number of nitrogens with zero attached hydrogens (tertiary/aromatic N) is 1. The van der Waals surface area contributed by atoms with E-state index in [2.05, 4.69) is 65.1 Å². The van der Waals surface area contributed by atoms with E-state index in [1.807, 2.05) is 25.6 Å². The summed E-state index contributed by atoms with van der Waals surface area (Å²) in [7, 11) is 0. The van der Waals surface area contributed by atoms with Gasteiger partial charge in [-0.3, -0.25) is 4.79 Å². The summed E-state index contributed by atoms with van der Waals surface area (Å²) in [6.07, 6.45) is 0.666. The summed E-state index contributed by atoms with van der Waals surface area (Å²) < 4.78 is -0.164. The maximum absolute atomic E-state index is 11.9. The molecule has 0 heterocycles. The summed E-state index contributed by atoms with van der Waals surface area (Å²) in [5, 5.41) is 9.03. The smallest absolute Gasteiger partial charge is 0.165 e. The Hall–Kier alpha value is 0.970. The van der Waals surface area contributed by atoms with E-state index >= 15 is 0 Å². The van der Waals surface area contributed by atoms with Crippen LogP contribution in [0.1, 0.15) is 34.1 Å². The van der Waals surface area contributed by atoms with Crippen molar-refractivity contribution in [1.29, 1.82) is 5.26 Å². The first-order chi connectivity index (χ1) is 7.58. The molecule has 0 N–H and O–H groups in total. The third-order valence-electron chi connectivity index (χ3n) is 2.05. The number of carbonyl (C=O) groups is 1. The number of halogens is 2. The summed E-state index contributed by atoms with van der Waals surface area (Å²) in [5.74, 6) is 1.53. The molecular weight excluding hydrogens is 460 g/mol. The van der Waals surface area contributed by atoms with Gasteiger partial charge in [0.25, 0.3) is 0 Å². The van der Waals surface area contributed by atoms with Gasteiger partial charge in [-0.25, -0.2) is 0 Å². The summed E-state index contributed by atoms with van der Waals surface area (Å²) in [5.41, 5.74) is 0. The van der Waals surface area contributed by atoms with E-state index in [0.29, 0.717) is 6.42 Å². The zero-order valence-electron chi connectivity index (χ0n) is 10.7. The van der Waals surface area contributed by atoms with Crippen LogP contribution in [0.3, 0.4) is 0 Å². The van der Waals surface area contributed by atoms with E-state index in [9.17, 15) is 4.79 Å². The van der Waals surface area contributed by atoms with Crippen molar-refractivity contribution >= 4 is 62.7 Å². The van der Waals surface area contributed by atoms with Crippen LogP contribution in [-0.2, 0) is 4.79 Å². The Morgan fingerprint density at radius 3 is 2.24 bits per heavy atom. The van der Waals surface area contributed by atoms with E-state index in [0.717, 1.165) is 11.5 Å². The molecule has 98 valence electrons. The Labute approximate surface area is 136 Å². The molecule has 0 rings (SSSR count). The minimum atomic E-state index is -0.452. The second kappa shape index (κ2) is 7.53. The van der Waals surface area contributed by atoms with Crippen molar-refractivity contribution in [3.63, 3.8) is 0 Å². The third kappa shape index (κ3) is 8.65. The quantitative estimate of drug-likeness (QED) is 0.312. The molecule has 0 bridgehead atoms. The molecule has 0 aromatic rings. The first-order valence-electron chi connectivity index (χ1n) is 5.47. The molecule has 0 aromatic heterocycles. The van der Waals surface area contributed by atoms with Gasteiger partial charge in [0.1, 0.15) is 5.92 Å². The van der Waals surface area contributed by atoms with E-state index in [-0.39, 0.29) is 9.20 Å². The summed E-state index contributed by atoms with van der Waals surface area (Å²) in [6.45, 7) is 8.09. The van der Waals surface area contributed by atoms with E-state index in [1.165, 1.54) is 0 Å². The number of Topliss-reactive ketones (excluding diaryl/α,β-unsaturated/α-hetero) is 1. The van der Waals surface area contributed by atoms with Gasteiger partial charge in [0.2, 0.25) is 0 Å². The topological polar surface area (TPSA) is 40.9 Å². The van der Waals surface area contributed by atoms with Crippen LogP contribution in [0.2, 0.25) is 0 Å². The molecule has 0 fully saturated rings. The Morgan fingerprint density at radius 2 is 1.88 bits per heavy atom. The maximum atomic E-state index is 11.9. The van der Waals surface area contributed by atoms with Gasteiger partial charge in [0, 0.05) is 9.17 Å². The van der Waals surface area contributed by atoms with Gasteiger partial charge in [-0.05, 0) is 26.0 Å². The fourth-order valence-corrected chi connectivity index (χ4v) is 3.25. The molecule has 0 saturated carbocycles. The zero-order chi connectivity index (χ0) is 13.7. The highest BCUT2D eigenvalue weighted by Crippen LogP contribution is 2.27. The summed E-state index contributed by atoms with van der Waals surface area (Å²) in [4.78, 5) is 11.9. The van der Waals surface area contributed by atoms with Crippen molar-refractivity contribution in [1.82, 2.24) is 0 Å². The number of carbonyl (C=O) groups excluding carboxylic acids is 1. The molecule has 0 aliphatic rings. The van der Waals surface area contributed by atoms with Crippen LogP contribution in [0.4, 0.5) is 0 Å². The summed E-state index contributed by atoms with van der Waals surface area (Å²) in [6, 6.07) is 2.14. The third-order valence-corrected chi connectivity index (χ3v) is 4.94. The molecule has 17 heavy (non-hydrogen) atoms. The average molecular weight is 479 g/mol. The van der Waals surface area contributed by atoms with Gasteiger partial charge < -0.3 is 0 Å². The Morgan fingerprint density at radius 1 is 1.35 bits per heavy atom. The highest BCUT2D eigenvalue weighted by molar-refractivity contribution is 14.1. The monoisotopic (exact) mass is 479 g/mol. The fourth-order valence-electron chi connectivity index (χ4n) is 1.18. The normalized spacial score (nSPS) is 14.2. The van der Waals surface area contributed by atoms with Crippen molar-refractivity contribution < 1.29 is 4.79 Å². The lowest BCUT2D eigenvalue weighted by Crippen LogP contribution is -2.31. The second-order valence-corrected chi connectivity index (χ2v) is 11.8. The van der Waals surface area contributed by atoms with Crippen molar-refractivity contribution in [2.24, 2.45) is 5.92 Å². The van der Waals surface area contributed by atoms with Gasteiger partial charge in [-0.1, -0.05) is 59.0 Å². The molecule has 5 heteroatoms. The molecule has 0 amide bonds. The standard InChI is InChI=1S/C12H19I2NOS/c1-11(2,13)8-17-6-5-9(7-15)10(16)12(3,4)14/h9H,5-6,8H2,1-4H3. The number of hydrogen-bond donors (Lipinski definition) is 0. The van der Waals surface area contributed by atoms with Crippen LogP contribution in [0.15, 0.2) is 0 Å². The highest BCUT2D eigenvalue weighted by Gasteiger charge is 2.30. The molecular formula is C12H19I2NOS.